The molecule has 5 heteroatoms. The Bertz CT molecular complexity index is 811. The van der Waals surface area contributed by atoms with Gasteiger partial charge < -0.3 is 10.1 Å². The Morgan fingerprint density at radius 1 is 1.16 bits per heavy atom. The molecule has 1 aliphatic heterocycles. The Kier molecular flexibility index (Phi) is 4.76. The van der Waals surface area contributed by atoms with Crippen LogP contribution in [0.5, 0.6) is 0 Å². The minimum Gasteiger partial charge on any atom is -0.381 e. The van der Waals surface area contributed by atoms with Crippen LogP contribution in [0.2, 0.25) is 0 Å². The second-order valence-electron chi connectivity index (χ2n) is 6.80. The van der Waals surface area contributed by atoms with Crippen molar-refractivity contribution < 1.29 is 4.74 Å². The zero-order chi connectivity index (χ0) is 17.1. The number of hydrogen-bond acceptors (Lipinski definition) is 4. The van der Waals surface area contributed by atoms with Crippen LogP contribution < -0.4 is 5.32 Å². The summed E-state index contributed by atoms with van der Waals surface area (Å²) >= 11 is 0. The van der Waals surface area contributed by atoms with Crippen molar-refractivity contribution in [3.05, 3.63) is 66.1 Å². The average molecular weight is 336 g/mol. The summed E-state index contributed by atoms with van der Waals surface area (Å²) in [5.41, 5.74) is 2.20. The fraction of sp³-hybridized carbons (Fsp3) is 0.400. The number of pyridine rings is 1. The van der Waals surface area contributed by atoms with Gasteiger partial charge in [-0.05, 0) is 43.4 Å². The van der Waals surface area contributed by atoms with E-state index >= 15 is 0 Å². The molecule has 3 heterocycles. The van der Waals surface area contributed by atoms with Crippen LogP contribution in [-0.2, 0) is 4.74 Å². The molecule has 1 saturated heterocycles. The molecular formula is C20H24N4O. The Morgan fingerprint density at radius 2 is 2.00 bits per heavy atom. The number of ether oxygens (including phenoxy) is 1. The first-order chi connectivity index (χ1) is 12.3. The molecule has 1 aliphatic rings. The lowest BCUT2D eigenvalue weighted by molar-refractivity contribution is 0.180. The van der Waals surface area contributed by atoms with Gasteiger partial charge >= 0.3 is 0 Å². The maximum atomic E-state index is 5.57. The molecule has 1 aromatic carbocycles. The van der Waals surface area contributed by atoms with E-state index in [0.29, 0.717) is 5.92 Å². The molecule has 25 heavy (non-hydrogen) atoms. The fourth-order valence-corrected chi connectivity index (χ4v) is 3.62. The maximum absolute atomic E-state index is 5.57. The van der Waals surface area contributed by atoms with E-state index in [1.807, 2.05) is 24.4 Å². The molecular weight excluding hydrogens is 312 g/mol. The van der Waals surface area contributed by atoms with Crippen LogP contribution in [0.4, 0.5) is 0 Å². The van der Waals surface area contributed by atoms with Crippen LogP contribution in [0.3, 0.4) is 0 Å². The minimum absolute atomic E-state index is 0.102. The van der Waals surface area contributed by atoms with Crippen molar-refractivity contribution >= 4 is 5.65 Å². The second-order valence-corrected chi connectivity index (χ2v) is 6.80. The largest absolute Gasteiger partial charge is 0.381 e. The number of fused-ring (bicyclic) bond motifs is 1. The highest BCUT2D eigenvalue weighted by Crippen LogP contribution is 2.28. The molecule has 1 N–H and O–H groups in total. The van der Waals surface area contributed by atoms with Crippen molar-refractivity contribution in [1.29, 1.82) is 0 Å². The number of hydrogen-bond donors (Lipinski definition) is 1. The first-order valence-corrected chi connectivity index (χ1v) is 8.99. The van der Waals surface area contributed by atoms with Crippen LogP contribution >= 0.6 is 0 Å². The van der Waals surface area contributed by atoms with Crippen LogP contribution in [0, 0.1) is 5.92 Å². The Balaban J connectivity index is 1.56. The standard InChI is InChI=1S/C20H24N4O/c1-15(20-23-22-19-9-5-6-11-24(19)20)21-18(13-16-10-12-25-14-16)17-7-3-2-4-8-17/h2-9,11,15-16,18,21H,10,12-14H2,1H3/t15-,16-,18+/m0/s1. The lowest BCUT2D eigenvalue weighted by Gasteiger charge is -2.25. The highest BCUT2D eigenvalue weighted by Gasteiger charge is 2.24. The summed E-state index contributed by atoms with van der Waals surface area (Å²) in [6.45, 7) is 3.91. The van der Waals surface area contributed by atoms with Crippen molar-refractivity contribution in [3.63, 3.8) is 0 Å². The molecule has 0 aliphatic carbocycles. The molecule has 2 aromatic heterocycles. The molecule has 0 radical (unpaired) electrons. The number of aromatic nitrogens is 3. The molecule has 4 rings (SSSR count). The van der Waals surface area contributed by atoms with Crippen molar-refractivity contribution in [2.45, 2.75) is 31.8 Å². The molecule has 0 saturated carbocycles. The predicted octanol–water partition coefficient (Wildman–Crippen LogP) is 3.55. The first kappa shape index (κ1) is 16.2. The Hall–Kier alpha value is -2.24. The van der Waals surface area contributed by atoms with Crippen LogP contribution in [0.15, 0.2) is 54.7 Å². The van der Waals surface area contributed by atoms with Gasteiger partial charge in [0.1, 0.15) is 0 Å². The molecule has 3 aromatic rings. The average Bonchev–Trinajstić information content (AvgIpc) is 3.31. The van der Waals surface area contributed by atoms with Crippen molar-refractivity contribution in [1.82, 2.24) is 19.9 Å². The smallest absolute Gasteiger partial charge is 0.160 e. The highest BCUT2D eigenvalue weighted by molar-refractivity contribution is 5.37. The molecule has 0 spiro atoms. The summed E-state index contributed by atoms with van der Waals surface area (Å²) in [5.74, 6) is 1.55. The van der Waals surface area contributed by atoms with Gasteiger partial charge in [0, 0.05) is 25.5 Å². The first-order valence-electron chi connectivity index (χ1n) is 8.99. The molecule has 1 fully saturated rings. The fourth-order valence-electron chi connectivity index (χ4n) is 3.62. The maximum Gasteiger partial charge on any atom is 0.160 e. The molecule has 3 atom stereocenters. The lowest BCUT2D eigenvalue weighted by Crippen LogP contribution is -2.28. The summed E-state index contributed by atoms with van der Waals surface area (Å²) in [7, 11) is 0. The monoisotopic (exact) mass is 336 g/mol. The third-order valence-electron chi connectivity index (χ3n) is 4.97. The van der Waals surface area contributed by atoms with Crippen molar-refractivity contribution in [2.75, 3.05) is 13.2 Å². The van der Waals surface area contributed by atoms with E-state index in [2.05, 4.69) is 57.2 Å². The molecule has 0 amide bonds. The Labute approximate surface area is 148 Å². The van der Waals surface area contributed by atoms with E-state index in [-0.39, 0.29) is 12.1 Å². The van der Waals surface area contributed by atoms with Gasteiger partial charge in [-0.3, -0.25) is 4.40 Å². The van der Waals surface area contributed by atoms with Gasteiger partial charge in [-0.15, -0.1) is 10.2 Å². The van der Waals surface area contributed by atoms with Crippen molar-refractivity contribution in [2.24, 2.45) is 5.92 Å². The van der Waals surface area contributed by atoms with E-state index in [0.717, 1.165) is 37.5 Å². The van der Waals surface area contributed by atoms with E-state index < -0.39 is 0 Å². The molecule has 0 unspecified atom stereocenters. The normalized spacial score (nSPS) is 20.0. The third kappa shape index (κ3) is 3.57. The van der Waals surface area contributed by atoms with E-state index in [4.69, 9.17) is 4.74 Å². The van der Waals surface area contributed by atoms with E-state index in [1.165, 1.54) is 5.56 Å². The van der Waals surface area contributed by atoms with Gasteiger partial charge in [-0.2, -0.15) is 0 Å². The van der Waals surface area contributed by atoms with Gasteiger partial charge in [-0.1, -0.05) is 36.4 Å². The summed E-state index contributed by atoms with van der Waals surface area (Å²) < 4.78 is 7.63. The quantitative estimate of drug-likeness (QED) is 0.748. The number of nitrogens with one attached hydrogen (secondary N) is 1. The SMILES string of the molecule is C[C@H](N[C@H](C[C@@H]1CCOC1)c1ccccc1)c1nnc2ccccn12. The summed E-state index contributed by atoms with van der Waals surface area (Å²) in [4.78, 5) is 0. The van der Waals surface area contributed by atoms with Gasteiger partial charge in [0.05, 0.1) is 6.04 Å². The topological polar surface area (TPSA) is 51.5 Å². The van der Waals surface area contributed by atoms with Crippen LogP contribution in [0.25, 0.3) is 5.65 Å². The zero-order valence-corrected chi connectivity index (χ0v) is 14.5. The zero-order valence-electron chi connectivity index (χ0n) is 14.5. The number of nitrogens with zero attached hydrogens (tertiary/aromatic N) is 3. The minimum atomic E-state index is 0.102. The molecule has 0 bridgehead atoms. The van der Waals surface area contributed by atoms with E-state index in [1.54, 1.807) is 0 Å². The second kappa shape index (κ2) is 7.33. The van der Waals surface area contributed by atoms with Gasteiger partial charge in [0.25, 0.3) is 0 Å². The van der Waals surface area contributed by atoms with Crippen LogP contribution in [-0.4, -0.2) is 27.8 Å². The lowest BCUT2D eigenvalue weighted by atomic mass is 9.93. The highest BCUT2D eigenvalue weighted by atomic mass is 16.5. The van der Waals surface area contributed by atoms with E-state index in [9.17, 15) is 0 Å². The molecule has 130 valence electrons. The van der Waals surface area contributed by atoms with Crippen molar-refractivity contribution in [3.8, 4) is 0 Å². The molecule has 5 nitrogen and oxygen atoms in total. The van der Waals surface area contributed by atoms with Gasteiger partial charge in [0.2, 0.25) is 0 Å². The van der Waals surface area contributed by atoms with Crippen LogP contribution in [0.1, 0.15) is 43.2 Å². The van der Waals surface area contributed by atoms with Gasteiger partial charge in [0.15, 0.2) is 11.5 Å². The number of rotatable bonds is 6. The summed E-state index contributed by atoms with van der Waals surface area (Å²) in [5, 5.41) is 12.5. The summed E-state index contributed by atoms with van der Waals surface area (Å²) in [6.07, 6.45) is 4.24. The predicted molar refractivity (Wildman–Crippen MR) is 97.3 cm³/mol. The summed E-state index contributed by atoms with van der Waals surface area (Å²) in [6, 6.07) is 17.0. The third-order valence-corrected chi connectivity index (χ3v) is 4.97. The Morgan fingerprint density at radius 3 is 2.80 bits per heavy atom. The number of benzene rings is 1. The van der Waals surface area contributed by atoms with Gasteiger partial charge in [-0.25, -0.2) is 0 Å².